The number of carbonyl (C=O) groups excluding carboxylic acids is 1. The van der Waals surface area contributed by atoms with Gasteiger partial charge in [-0.2, -0.15) is 5.26 Å². The highest BCUT2D eigenvalue weighted by molar-refractivity contribution is 5.81. The Morgan fingerprint density at radius 1 is 1.60 bits per heavy atom. The first-order chi connectivity index (χ1) is 7.20. The molecule has 2 atom stereocenters. The molecule has 0 N–H and O–H groups in total. The maximum Gasteiger partial charge on any atom is 0.239 e. The molecule has 2 unspecified atom stereocenters. The Bertz CT molecular complexity index is 255. The lowest BCUT2D eigenvalue weighted by Crippen LogP contribution is -2.45. The summed E-state index contributed by atoms with van der Waals surface area (Å²) in [4.78, 5) is 13.8. The lowest BCUT2D eigenvalue weighted by Gasteiger charge is -2.36. The van der Waals surface area contributed by atoms with Gasteiger partial charge in [0.25, 0.3) is 0 Å². The van der Waals surface area contributed by atoms with Gasteiger partial charge in [0.1, 0.15) is 5.92 Å². The number of nitriles is 1. The molecule has 3 heteroatoms. The van der Waals surface area contributed by atoms with Gasteiger partial charge < -0.3 is 4.90 Å². The van der Waals surface area contributed by atoms with Crippen LogP contribution in [0.15, 0.2) is 0 Å². The Kier molecular flexibility index (Phi) is 4.61. The van der Waals surface area contributed by atoms with Crippen LogP contribution < -0.4 is 0 Å². The predicted molar refractivity (Wildman–Crippen MR) is 59.0 cm³/mol. The van der Waals surface area contributed by atoms with Crippen LogP contribution in [0, 0.1) is 17.2 Å². The van der Waals surface area contributed by atoms with Gasteiger partial charge in [-0.25, -0.2) is 0 Å². The van der Waals surface area contributed by atoms with E-state index in [2.05, 4.69) is 6.92 Å². The van der Waals surface area contributed by atoms with Crippen LogP contribution in [0.4, 0.5) is 0 Å². The summed E-state index contributed by atoms with van der Waals surface area (Å²) in [6, 6.07) is 2.41. The van der Waals surface area contributed by atoms with E-state index >= 15 is 0 Å². The zero-order valence-electron chi connectivity index (χ0n) is 9.70. The Balaban J connectivity index is 2.63. The molecule has 15 heavy (non-hydrogen) atoms. The van der Waals surface area contributed by atoms with Crippen LogP contribution in [0.25, 0.3) is 0 Å². The third-order valence-corrected chi connectivity index (χ3v) is 3.10. The Labute approximate surface area is 92.1 Å². The molecule has 0 aromatic heterocycles. The molecule has 0 spiro atoms. The summed E-state index contributed by atoms with van der Waals surface area (Å²) in [5, 5.41) is 8.75. The first-order valence-electron chi connectivity index (χ1n) is 5.90. The minimum Gasteiger partial charge on any atom is -0.339 e. The average Bonchev–Trinajstić information content (AvgIpc) is 2.28. The minimum absolute atomic E-state index is 0.0238. The summed E-state index contributed by atoms with van der Waals surface area (Å²) in [6.45, 7) is 4.68. The van der Waals surface area contributed by atoms with E-state index in [4.69, 9.17) is 5.26 Å². The van der Waals surface area contributed by atoms with Crippen molar-refractivity contribution in [2.45, 2.75) is 52.0 Å². The van der Waals surface area contributed by atoms with Gasteiger partial charge in [-0.3, -0.25) is 4.79 Å². The average molecular weight is 208 g/mol. The fourth-order valence-electron chi connectivity index (χ4n) is 2.23. The number of nitrogens with zero attached hydrogens (tertiary/aromatic N) is 2. The molecule has 84 valence electrons. The first-order valence-corrected chi connectivity index (χ1v) is 5.90. The first kappa shape index (κ1) is 12.0. The second-order valence-electron chi connectivity index (χ2n) is 4.32. The van der Waals surface area contributed by atoms with Gasteiger partial charge >= 0.3 is 0 Å². The monoisotopic (exact) mass is 208 g/mol. The lowest BCUT2D eigenvalue weighted by molar-refractivity contribution is -0.137. The number of rotatable bonds is 3. The normalized spacial score (nSPS) is 23.3. The highest BCUT2D eigenvalue weighted by Crippen LogP contribution is 2.22. The van der Waals surface area contributed by atoms with Gasteiger partial charge in [-0.15, -0.1) is 0 Å². The maximum atomic E-state index is 11.9. The molecular weight excluding hydrogens is 188 g/mol. The van der Waals surface area contributed by atoms with Gasteiger partial charge in [-0.05, 0) is 32.6 Å². The molecule has 0 saturated carbocycles. The van der Waals surface area contributed by atoms with Crippen molar-refractivity contribution in [2.24, 2.45) is 5.92 Å². The second kappa shape index (κ2) is 5.75. The van der Waals surface area contributed by atoms with E-state index in [0.717, 1.165) is 32.2 Å². The highest BCUT2D eigenvalue weighted by Gasteiger charge is 2.28. The van der Waals surface area contributed by atoms with E-state index in [1.165, 1.54) is 6.42 Å². The Hall–Kier alpha value is -1.04. The molecule has 0 aromatic carbocycles. The van der Waals surface area contributed by atoms with Gasteiger partial charge in [-0.1, -0.05) is 13.3 Å². The SMILES string of the molecule is CCCC1CCCCN1C(=O)C(C)C#N. The van der Waals surface area contributed by atoms with Gasteiger partial charge in [0.15, 0.2) is 0 Å². The van der Waals surface area contributed by atoms with Crippen LogP contribution in [0.5, 0.6) is 0 Å². The van der Waals surface area contributed by atoms with E-state index in [1.54, 1.807) is 6.92 Å². The van der Waals surface area contributed by atoms with Crippen LogP contribution in [0.1, 0.15) is 46.0 Å². The van der Waals surface area contributed by atoms with E-state index in [1.807, 2.05) is 11.0 Å². The van der Waals surface area contributed by atoms with Crippen LogP contribution in [-0.4, -0.2) is 23.4 Å². The van der Waals surface area contributed by atoms with Gasteiger partial charge in [0.2, 0.25) is 5.91 Å². The predicted octanol–water partition coefficient (Wildman–Crippen LogP) is 2.33. The number of carbonyl (C=O) groups is 1. The van der Waals surface area contributed by atoms with Crippen molar-refractivity contribution in [2.75, 3.05) is 6.54 Å². The van der Waals surface area contributed by atoms with E-state index in [0.29, 0.717) is 6.04 Å². The molecule has 1 amide bonds. The number of piperidine rings is 1. The molecule has 1 rings (SSSR count). The van der Waals surface area contributed by atoms with Crippen molar-refractivity contribution in [1.82, 2.24) is 4.90 Å². The van der Waals surface area contributed by atoms with Gasteiger partial charge in [0.05, 0.1) is 6.07 Å². The molecule has 0 aromatic rings. The molecule has 0 bridgehead atoms. The quantitative estimate of drug-likeness (QED) is 0.714. The summed E-state index contributed by atoms with van der Waals surface area (Å²) in [6.07, 6.45) is 5.59. The molecule has 0 radical (unpaired) electrons. The zero-order chi connectivity index (χ0) is 11.3. The van der Waals surface area contributed by atoms with Crippen molar-refractivity contribution < 1.29 is 4.79 Å². The molecule has 0 aliphatic carbocycles. The van der Waals surface area contributed by atoms with E-state index < -0.39 is 5.92 Å². The fourth-order valence-corrected chi connectivity index (χ4v) is 2.23. The standard InChI is InChI=1S/C12H20N2O/c1-3-6-11-7-4-5-8-14(11)12(15)10(2)9-13/h10-11H,3-8H2,1-2H3. The smallest absolute Gasteiger partial charge is 0.239 e. The highest BCUT2D eigenvalue weighted by atomic mass is 16.2. The Morgan fingerprint density at radius 2 is 2.33 bits per heavy atom. The molecule has 3 nitrogen and oxygen atoms in total. The third-order valence-electron chi connectivity index (χ3n) is 3.10. The summed E-state index contributed by atoms with van der Waals surface area (Å²) in [7, 11) is 0. The van der Waals surface area contributed by atoms with Crippen molar-refractivity contribution in [1.29, 1.82) is 5.26 Å². The lowest BCUT2D eigenvalue weighted by atomic mass is 9.96. The third kappa shape index (κ3) is 2.95. The molecular formula is C12H20N2O. The topological polar surface area (TPSA) is 44.1 Å². The summed E-state index contributed by atoms with van der Waals surface area (Å²) in [5.41, 5.74) is 0. The van der Waals surface area contributed by atoms with E-state index in [9.17, 15) is 4.79 Å². The second-order valence-corrected chi connectivity index (χ2v) is 4.32. The van der Waals surface area contributed by atoms with Crippen LogP contribution >= 0.6 is 0 Å². The Morgan fingerprint density at radius 3 is 2.93 bits per heavy atom. The van der Waals surface area contributed by atoms with Crippen molar-refractivity contribution in [3.8, 4) is 6.07 Å². The van der Waals surface area contributed by atoms with Crippen LogP contribution in [-0.2, 0) is 4.79 Å². The molecule has 1 aliphatic heterocycles. The maximum absolute atomic E-state index is 11.9. The molecule has 1 saturated heterocycles. The van der Waals surface area contributed by atoms with E-state index in [-0.39, 0.29) is 5.91 Å². The zero-order valence-corrected chi connectivity index (χ0v) is 9.70. The van der Waals surface area contributed by atoms with Gasteiger partial charge in [0, 0.05) is 12.6 Å². The van der Waals surface area contributed by atoms with Crippen LogP contribution in [0.3, 0.4) is 0 Å². The summed E-state index contributed by atoms with van der Waals surface area (Å²) >= 11 is 0. The minimum atomic E-state index is -0.484. The molecule has 1 aliphatic rings. The summed E-state index contributed by atoms with van der Waals surface area (Å²) in [5.74, 6) is -0.460. The van der Waals surface area contributed by atoms with Crippen molar-refractivity contribution in [3.63, 3.8) is 0 Å². The van der Waals surface area contributed by atoms with Crippen LogP contribution in [0.2, 0.25) is 0 Å². The number of amides is 1. The number of hydrogen-bond acceptors (Lipinski definition) is 2. The largest absolute Gasteiger partial charge is 0.339 e. The fraction of sp³-hybridized carbons (Fsp3) is 0.833. The van der Waals surface area contributed by atoms with Crippen molar-refractivity contribution >= 4 is 5.91 Å². The molecule has 1 fully saturated rings. The number of likely N-dealkylation sites (tertiary alicyclic amines) is 1. The molecule has 1 heterocycles. The van der Waals surface area contributed by atoms with Crippen molar-refractivity contribution in [3.05, 3.63) is 0 Å². The number of hydrogen-bond donors (Lipinski definition) is 0. The summed E-state index contributed by atoms with van der Waals surface area (Å²) < 4.78 is 0.